The van der Waals surface area contributed by atoms with Crippen LogP contribution in [-0.4, -0.2) is 36.0 Å². The van der Waals surface area contributed by atoms with Gasteiger partial charge in [0.2, 0.25) is 5.78 Å². The first-order chi connectivity index (χ1) is 8.78. The number of nitrogens with one attached hydrogen (secondary N) is 2. The summed E-state index contributed by atoms with van der Waals surface area (Å²) in [5.74, 6) is -0.947. The van der Waals surface area contributed by atoms with E-state index in [9.17, 15) is 14.4 Å². The van der Waals surface area contributed by atoms with E-state index in [2.05, 4.69) is 10.6 Å². The lowest BCUT2D eigenvalue weighted by Crippen LogP contribution is -2.34. The van der Waals surface area contributed by atoms with Gasteiger partial charge in [0.1, 0.15) is 5.60 Å². The summed E-state index contributed by atoms with van der Waals surface area (Å²) >= 11 is 0. The molecule has 0 heterocycles. The van der Waals surface area contributed by atoms with E-state index >= 15 is 0 Å². The van der Waals surface area contributed by atoms with Crippen molar-refractivity contribution in [1.82, 2.24) is 10.6 Å². The molecule has 0 aromatic carbocycles. The molecule has 1 rings (SSSR count). The van der Waals surface area contributed by atoms with Gasteiger partial charge in [-0.3, -0.25) is 9.59 Å². The van der Waals surface area contributed by atoms with Crippen LogP contribution in [0.4, 0.5) is 4.79 Å². The number of rotatable bonds is 6. The standard InChI is InChI=1S/C13H22N2O4/c1-13(2,3)19-12(18)14-8-4-5-10(16)11(17)15-9-6-7-9/h9H,4-8H2,1-3H3,(H,14,18)(H,15,17). The van der Waals surface area contributed by atoms with Crippen LogP contribution in [0.2, 0.25) is 0 Å². The molecule has 0 bridgehead atoms. The molecule has 0 aromatic heterocycles. The highest BCUT2D eigenvalue weighted by Crippen LogP contribution is 2.18. The Kier molecular flexibility index (Phi) is 5.32. The molecule has 0 saturated heterocycles. The summed E-state index contributed by atoms with van der Waals surface area (Å²) in [5, 5.41) is 5.18. The maximum atomic E-state index is 11.4. The van der Waals surface area contributed by atoms with Gasteiger partial charge in [-0.05, 0) is 40.0 Å². The van der Waals surface area contributed by atoms with Crippen molar-refractivity contribution in [3.63, 3.8) is 0 Å². The Morgan fingerprint density at radius 2 is 1.84 bits per heavy atom. The highest BCUT2D eigenvalue weighted by molar-refractivity contribution is 6.36. The van der Waals surface area contributed by atoms with E-state index in [0.717, 1.165) is 12.8 Å². The fourth-order valence-electron chi connectivity index (χ4n) is 1.36. The van der Waals surface area contributed by atoms with E-state index in [1.807, 2.05) is 0 Å². The first-order valence-electron chi connectivity index (χ1n) is 6.58. The van der Waals surface area contributed by atoms with Gasteiger partial charge in [0.25, 0.3) is 5.91 Å². The number of carbonyl (C=O) groups is 3. The normalized spacial score (nSPS) is 14.7. The van der Waals surface area contributed by atoms with Crippen LogP contribution in [-0.2, 0) is 14.3 Å². The number of hydrogen-bond acceptors (Lipinski definition) is 4. The molecule has 0 unspecified atom stereocenters. The first-order valence-corrected chi connectivity index (χ1v) is 6.58. The number of carbonyl (C=O) groups excluding carboxylic acids is 3. The second-order valence-corrected chi connectivity index (χ2v) is 5.70. The second-order valence-electron chi connectivity index (χ2n) is 5.70. The number of ether oxygens (including phenoxy) is 1. The van der Waals surface area contributed by atoms with E-state index in [-0.39, 0.29) is 12.5 Å². The Labute approximate surface area is 113 Å². The van der Waals surface area contributed by atoms with Crippen LogP contribution in [0.15, 0.2) is 0 Å². The highest BCUT2D eigenvalue weighted by Gasteiger charge is 2.25. The van der Waals surface area contributed by atoms with Crippen molar-refractivity contribution < 1.29 is 19.1 Å². The predicted molar refractivity (Wildman–Crippen MR) is 69.6 cm³/mol. The molecule has 108 valence electrons. The van der Waals surface area contributed by atoms with E-state index in [1.165, 1.54) is 0 Å². The SMILES string of the molecule is CC(C)(C)OC(=O)NCCCC(=O)C(=O)NC1CC1. The maximum absolute atomic E-state index is 11.4. The molecular formula is C13H22N2O4. The second kappa shape index (κ2) is 6.54. The Morgan fingerprint density at radius 3 is 2.37 bits per heavy atom. The zero-order valence-corrected chi connectivity index (χ0v) is 11.7. The van der Waals surface area contributed by atoms with Crippen LogP contribution in [0.5, 0.6) is 0 Å². The van der Waals surface area contributed by atoms with Crippen molar-refractivity contribution in [1.29, 1.82) is 0 Å². The van der Waals surface area contributed by atoms with Gasteiger partial charge in [0.15, 0.2) is 0 Å². The van der Waals surface area contributed by atoms with Crippen molar-refractivity contribution in [3.8, 4) is 0 Å². The summed E-state index contributed by atoms with van der Waals surface area (Å²) in [5.41, 5.74) is -0.538. The zero-order valence-electron chi connectivity index (χ0n) is 11.7. The van der Waals surface area contributed by atoms with Crippen molar-refractivity contribution in [2.75, 3.05) is 6.54 Å². The van der Waals surface area contributed by atoms with Crippen molar-refractivity contribution in [2.45, 2.75) is 58.1 Å². The molecule has 1 aliphatic rings. The molecule has 6 nitrogen and oxygen atoms in total. The van der Waals surface area contributed by atoms with E-state index in [4.69, 9.17) is 4.74 Å². The molecule has 1 fully saturated rings. The molecule has 0 aromatic rings. The van der Waals surface area contributed by atoms with Crippen LogP contribution >= 0.6 is 0 Å². The molecule has 19 heavy (non-hydrogen) atoms. The first kappa shape index (κ1) is 15.5. The van der Waals surface area contributed by atoms with Gasteiger partial charge >= 0.3 is 6.09 Å². The number of Topliss-reactive ketones (excluding diaryl/α,β-unsaturated/α-hetero) is 1. The van der Waals surface area contributed by atoms with E-state index in [1.54, 1.807) is 20.8 Å². The average Bonchev–Trinajstić information content (AvgIpc) is 3.05. The monoisotopic (exact) mass is 270 g/mol. The van der Waals surface area contributed by atoms with Gasteiger partial charge < -0.3 is 15.4 Å². The van der Waals surface area contributed by atoms with Gasteiger partial charge in [0.05, 0.1) is 0 Å². The van der Waals surface area contributed by atoms with Gasteiger partial charge in [0, 0.05) is 19.0 Å². The fourth-order valence-corrected chi connectivity index (χ4v) is 1.36. The maximum Gasteiger partial charge on any atom is 0.407 e. The molecule has 0 spiro atoms. The molecule has 2 N–H and O–H groups in total. The highest BCUT2D eigenvalue weighted by atomic mass is 16.6. The number of amides is 2. The minimum Gasteiger partial charge on any atom is -0.444 e. The smallest absolute Gasteiger partial charge is 0.407 e. The van der Waals surface area contributed by atoms with Gasteiger partial charge in [-0.15, -0.1) is 0 Å². The fraction of sp³-hybridized carbons (Fsp3) is 0.769. The molecule has 1 aliphatic carbocycles. The molecule has 0 radical (unpaired) electrons. The minimum absolute atomic E-state index is 0.133. The van der Waals surface area contributed by atoms with Crippen LogP contribution < -0.4 is 10.6 Å². The largest absolute Gasteiger partial charge is 0.444 e. The molecule has 6 heteroatoms. The predicted octanol–water partition coefficient (Wildman–Crippen LogP) is 1.14. The third kappa shape index (κ3) is 7.43. The Balaban J connectivity index is 2.07. The quantitative estimate of drug-likeness (QED) is 0.560. The molecule has 0 atom stereocenters. The van der Waals surface area contributed by atoms with Gasteiger partial charge in [-0.2, -0.15) is 0 Å². The summed E-state index contributed by atoms with van der Waals surface area (Å²) in [6.45, 7) is 5.65. The molecule has 2 amide bonds. The summed E-state index contributed by atoms with van der Waals surface area (Å²) in [4.78, 5) is 34.1. The zero-order chi connectivity index (χ0) is 14.5. The number of alkyl carbamates (subject to hydrolysis) is 1. The molecular weight excluding hydrogens is 248 g/mol. The van der Waals surface area contributed by atoms with Crippen molar-refractivity contribution >= 4 is 17.8 Å². The van der Waals surface area contributed by atoms with Crippen molar-refractivity contribution in [2.24, 2.45) is 0 Å². The topological polar surface area (TPSA) is 84.5 Å². The van der Waals surface area contributed by atoms with Crippen LogP contribution in [0, 0.1) is 0 Å². The van der Waals surface area contributed by atoms with E-state index in [0.29, 0.717) is 13.0 Å². The van der Waals surface area contributed by atoms with Gasteiger partial charge in [-0.1, -0.05) is 0 Å². The summed E-state index contributed by atoms with van der Waals surface area (Å²) in [7, 11) is 0. The molecule has 0 aliphatic heterocycles. The molecule has 1 saturated carbocycles. The minimum atomic E-state index is -0.538. The van der Waals surface area contributed by atoms with Crippen LogP contribution in [0.1, 0.15) is 46.5 Å². The summed E-state index contributed by atoms with van der Waals surface area (Å²) < 4.78 is 5.04. The van der Waals surface area contributed by atoms with Crippen molar-refractivity contribution in [3.05, 3.63) is 0 Å². The lowest BCUT2D eigenvalue weighted by molar-refractivity contribution is -0.138. The summed E-state index contributed by atoms with van der Waals surface area (Å²) in [6.07, 6.45) is 1.96. The Morgan fingerprint density at radius 1 is 1.21 bits per heavy atom. The third-order valence-corrected chi connectivity index (χ3v) is 2.41. The lowest BCUT2D eigenvalue weighted by atomic mass is 10.2. The number of hydrogen-bond donors (Lipinski definition) is 2. The Hall–Kier alpha value is -1.59. The lowest BCUT2D eigenvalue weighted by Gasteiger charge is -2.19. The van der Waals surface area contributed by atoms with Gasteiger partial charge in [-0.25, -0.2) is 4.79 Å². The van der Waals surface area contributed by atoms with E-state index < -0.39 is 23.4 Å². The van der Waals surface area contributed by atoms with Crippen LogP contribution in [0.3, 0.4) is 0 Å². The van der Waals surface area contributed by atoms with Crippen LogP contribution in [0.25, 0.3) is 0 Å². The summed E-state index contributed by atoms with van der Waals surface area (Å²) in [6, 6.07) is 0.191. The number of ketones is 1. The third-order valence-electron chi connectivity index (χ3n) is 2.41. The average molecular weight is 270 g/mol. The Bertz CT molecular complexity index is 356.